The molecule has 4 bridgehead atoms. The van der Waals surface area contributed by atoms with Crippen molar-refractivity contribution < 1.29 is 14.7 Å². The van der Waals surface area contributed by atoms with Crippen molar-refractivity contribution >= 4 is 11.9 Å². The minimum absolute atomic E-state index is 0.0433. The highest BCUT2D eigenvalue weighted by Gasteiger charge is 2.52. The lowest BCUT2D eigenvalue weighted by Crippen LogP contribution is -2.48. The van der Waals surface area contributed by atoms with Crippen LogP contribution in [0.25, 0.3) is 0 Å². The molecule has 0 aromatic carbocycles. The molecule has 1 heterocycles. The second-order valence-corrected chi connectivity index (χ2v) is 8.63. The van der Waals surface area contributed by atoms with Gasteiger partial charge in [-0.15, -0.1) is 0 Å². The van der Waals surface area contributed by atoms with Gasteiger partial charge in [0.25, 0.3) is 0 Å². The molecule has 1 aromatic heterocycles. The number of pyridine rings is 1. The van der Waals surface area contributed by atoms with Gasteiger partial charge in [-0.2, -0.15) is 0 Å². The predicted molar refractivity (Wildman–Crippen MR) is 92.6 cm³/mol. The number of carbonyl (C=O) groups is 2. The topological polar surface area (TPSA) is 70.5 Å². The van der Waals surface area contributed by atoms with Crippen LogP contribution < -0.4 is 0 Å². The average Bonchev–Trinajstić information content (AvgIpc) is 2.53. The van der Waals surface area contributed by atoms with Crippen LogP contribution in [0.5, 0.6) is 0 Å². The van der Waals surface area contributed by atoms with E-state index < -0.39 is 12.0 Å². The Bertz CT molecular complexity index is 637. The summed E-state index contributed by atoms with van der Waals surface area (Å²) in [5.41, 5.74) is 0.675. The average molecular weight is 342 g/mol. The molecular weight excluding hydrogens is 316 g/mol. The summed E-state index contributed by atoms with van der Waals surface area (Å²) in [5, 5.41) is 9.65. The molecule has 5 nitrogen and oxygen atoms in total. The molecular formula is C20H26N2O3. The highest BCUT2D eigenvalue weighted by atomic mass is 16.4. The van der Waals surface area contributed by atoms with Crippen molar-refractivity contribution in [2.75, 3.05) is 7.05 Å². The Morgan fingerprint density at radius 1 is 1.24 bits per heavy atom. The van der Waals surface area contributed by atoms with E-state index in [1.54, 1.807) is 25.4 Å². The third-order valence-electron chi connectivity index (χ3n) is 6.71. The minimum Gasteiger partial charge on any atom is -0.479 e. The molecule has 1 N–H and O–H groups in total. The molecule has 1 amide bonds. The number of amides is 1. The van der Waals surface area contributed by atoms with Crippen molar-refractivity contribution in [3.05, 3.63) is 30.1 Å². The summed E-state index contributed by atoms with van der Waals surface area (Å²) < 4.78 is 0. The predicted octanol–water partition coefficient (Wildman–Crippen LogP) is 3.27. The van der Waals surface area contributed by atoms with Crippen molar-refractivity contribution in [1.82, 2.24) is 9.88 Å². The SMILES string of the molecule is CN(C(=O)CC12CC3CC(CC(C3)C1)C2)[C@@H](C(=O)O)c1cccnc1. The molecule has 0 unspecified atom stereocenters. The molecule has 4 fully saturated rings. The van der Waals surface area contributed by atoms with Crippen LogP contribution in [0.15, 0.2) is 24.5 Å². The Morgan fingerprint density at radius 2 is 1.84 bits per heavy atom. The first-order valence-corrected chi connectivity index (χ1v) is 9.34. The van der Waals surface area contributed by atoms with Crippen molar-refractivity contribution in [3.63, 3.8) is 0 Å². The molecule has 1 aromatic rings. The Balaban J connectivity index is 1.51. The fourth-order valence-electron chi connectivity index (χ4n) is 6.17. The highest BCUT2D eigenvalue weighted by molar-refractivity contribution is 5.84. The number of likely N-dealkylation sites (N-methyl/N-ethyl adjacent to an activating group) is 1. The minimum atomic E-state index is -1.01. The number of rotatable bonds is 5. The van der Waals surface area contributed by atoms with E-state index in [1.165, 1.54) is 30.4 Å². The van der Waals surface area contributed by atoms with Gasteiger partial charge in [-0.25, -0.2) is 4.79 Å². The number of aromatic nitrogens is 1. The lowest BCUT2D eigenvalue weighted by atomic mass is 9.49. The first-order valence-electron chi connectivity index (χ1n) is 9.34. The summed E-state index contributed by atoms with van der Waals surface area (Å²) >= 11 is 0. The number of nitrogens with zero attached hydrogens (tertiary/aromatic N) is 2. The summed E-state index contributed by atoms with van der Waals surface area (Å²) in [4.78, 5) is 30.2. The molecule has 4 aliphatic carbocycles. The van der Waals surface area contributed by atoms with Gasteiger partial charge in [-0.3, -0.25) is 9.78 Å². The Labute approximate surface area is 148 Å². The van der Waals surface area contributed by atoms with Crippen LogP contribution in [0.2, 0.25) is 0 Å². The second kappa shape index (κ2) is 6.11. The summed E-state index contributed by atoms with van der Waals surface area (Å²) in [6.07, 6.45) is 11.1. The fraction of sp³-hybridized carbons (Fsp3) is 0.650. The number of aliphatic carboxylic acids is 1. The fourth-order valence-corrected chi connectivity index (χ4v) is 6.17. The Hall–Kier alpha value is -1.91. The van der Waals surface area contributed by atoms with Crippen molar-refractivity contribution in [2.45, 2.75) is 51.0 Å². The molecule has 0 aliphatic heterocycles. The van der Waals surface area contributed by atoms with Crippen LogP contribution in [0.4, 0.5) is 0 Å². The molecule has 0 saturated heterocycles. The monoisotopic (exact) mass is 342 g/mol. The van der Waals surface area contributed by atoms with E-state index in [0.29, 0.717) is 12.0 Å². The van der Waals surface area contributed by atoms with E-state index in [1.807, 2.05) is 0 Å². The maximum Gasteiger partial charge on any atom is 0.331 e. The zero-order chi connectivity index (χ0) is 17.6. The quantitative estimate of drug-likeness (QED) is 0.891. The van der Waals surface area contributed by atoms with Crippen LogP contribution in [0.3, 0.4) is 0 Å². The third-order valence-corrected chi connectivity index (χ3v) is 6.71. The molecule has 25 heavy (non-hydrogen) atoms. The van der Waals surface area contributed by atoms with Crippen LogP contribution in [-0.4, -0.2) is 33.9 Å². The molecule has 134 valence electrons. The van der Waals surface area contributed by atoms with E-state index in [4.69, 9.17) is 0 Å². The highest BCUT2D eigenvalue weighted by Crippen LogP contribution is 2.61. The maximum absolute atomic E-state index is 13.0. The summed E-state index contributed by atoms with van der Waals surface area (Å²) in [5.74, 6) is 1.32. The van der Waals surface area contributed by atoms with Gasteiger partial charge in [0, 0.05) is 31.4 Å². The molecule has 0 spiro atoms. The van der Waals surface area contributed by atoms with Gasteiger partial charge < -0.3 is 10.0 Å². The number of carboxylic acid groups (broad SMARTS) is 1. The first-order chi connectivity index (χ1) is 12.0. The van der Waals surface area contributed by atoms with E-state index in [2.05, 4.69) is 4.98 Å². The number of carboxylic acids is 1. The smallest absolute Gasteiger partial charge is 0.331 e. The molecule has 4 aliphatic rings. The second-order valence-electron chi connectivity index (χ2n) is 8.63. The van der Waals surface area contributed by atoms with Crippen molar-refractivity contribution in [1.29, 1.82) is 0 Å². The van der Waals surface area contributed by atoms with Crippen molar-refractivity contribution in [2.24, 2.45) is 23.2 Å². The van der Waals surface area contributed by atoms with E-state index >= 15 is 0 Å². The molecule has 5 rings (SSSR count). The van der Waals surface area contributed by atoms with Gasteiger partial charge in [0.15, 0.2) is 6.04 Å². The first kappa shape index (κ1) is 16.6. The van der Waals surface area contributed by atoms with E-state index in [-0.39, 0.29) is 11.3 Å². The van der Waals surface area contributed by atoms with E-state index in [9.17, 15) is 14.7 Å². The van der Waals surface area contributed by atoms with Gasteiger partial charge in [0.1, 0.15) is 0 Å². The zero-order valence-corrected chi connectivity index (χ0v) is 14.7. The summed E-state index contributed by atoms with van der Waals surface area (Å²) in [6.45, 7) is 0. The van der Waals surface area contributed by atoms with Gasteiger partial charge >= 0.3 is 5.97 Å². The normalized spacial score (nSPS) is 33.9. The standard InChI is InChI=1S/C20H26N2O3/c1-22(18(19(24)25)16-3-2-4-21-12-16)17(23)11-20-8-13-5-14(9-20)7-15(6-13)10-20/h2-4,12-15,18H,5-11H2,1H3,(H,24,25)/t13?,14?,15?,18-,20?/m1/s1. The van der Waals surface area contributed by atoms with Crippen LogP contribution in [0.1, 0.15) is 56.6 Å². The van der Waals surface area contributed by atoms with Gasteiger partial charge in [0.2, 0.25) is 5.91 Å². The van der Waals surface area contributed by atoms with E-state index in [0.717, 1.165) is 37.0 Å². The van der Waals surface area contributed by atoms with Gasteiger partial charge in [-0.1, -0.05) is 6.07 Å². The maximum atomic E-state index is 13.0. The third kappa shape index (κ3) is 3.05. The molecule has 0 radical (unpaired) electrons. The Kier molecular flexibility index (Phi) is 4.05. The van der Waals surface area contributed by atoms with Crippen LogP contribution in [0, 0.1) is 23.2 Å². The van der Waals surface area contributed by atoms with Gasteiger partial charge in [-0.05, 0) is 67.8 Å². The van der Waals surface area contributed by atoms with Crippen molar-refractivity contribution in [3.8, 4) is 0 Å². The lowest BCUT2D eigenvalue weighted by molar-refractivity contribution is -0.152. The lowest BCUT2D eigenvalue weighted by Gasteiger charge is -2.57. The summed E-state index contributed by atoms with van der Waals surface area (Å²) in [7, 11) is 1.62. The molecule has 1 atom stereocenters. The Morgan fingerprint density at radius 3 is 2.32 bits per heavy atom. The van der Waals surface area contributed by atoms with Gasteiger partial charge in [0.05, 0.1) is 0 Å². The summed E-state index contributed by atoms with van der Waals surface area (Å²) in [6, 6.07) is 2.47. The largest absolute Gasteiger partial charge is 0.479 e. The molecule has 5 heteroatoms. The number of carbonyl (C=O) groups excluding carboxylic acids is 1. The number of hydrogen-bond donors (Lipinski definition) is 1. The van der Waals surface area contributed by atoms with Crippen LogP contribution >= 0.6 is 0 Å². The number of hydrogen-bond acceptors (Lipinski definition) is 3. The zero-order valence-electron chi connectivity index (χ0n) is 14.7. The molecule has 4 saturated carbocycles. The van der Waals surface area contributed by atoms with Crippen LogP contribution in [-0.2, 0) is 9.59 Å².